The lowest BCUT2D eigenvalue weighted by molar-refractivity contribution is -0.131. The molecule has 1 amide bonds. The van der Waals surface area contributed by atoms with Gasteiger partial charge in [-0.15, -0.1) is 11.3 Å². The summed E-state index contributed by atoms with van der Waals surface area (Å²) in [5.74, 6) is 0.618. The van der Waals surface area contributed by atoms with Gasteiger partial charge >= 0.3 is 0 Å². The zero-order chi connectivity index (χ0) is 17.7. The first-order valence-electron chi connectivity index (χ1n) is 8.40. The number of hydrogen-bond donors (Lipinski definition) is 1. The highest BCUT2D eigenvalue weighted by atomic mass is 32.1. The van der Waals surface area contributed by atoms with Crippen LogP contribution in [0.4, 0.5) is 5.82 Å². The summed E-state index contributed by atoms with van der Waals surface area (Å²) in [6.45, 7) is 1.28. The van der Waals surface area contributed by atoms with E-state index in [1.54, 1.807) is 11.3 Å². The average molecular weight is 364 g/mol. The van der Waals surface area contributed by atoms with E-state index in [4.69, 9.17) is 5.73 Å². The van der Waals surface area contributed by atoms with Gasteiger partial charge in [-0.2, -0.15) is 0 Å². The minimum absolute atomic E-state index is 0.0931. The van der Waals surface area contributed by atoms with Crippen molar-refractivity contribution in [2.45, 2.75) is 19.4 Å². The molecule has 0 saturated heterocycles. The number of imidazole rings is 1. The van der Waals surface area contributed by atoms with Crippen LogP contribution >= 0.6 is 11.3 Å². The van der Waals surface area contributed by atoms with E-state index in [1.165, 1.54) is 11.9 Å². The molecule has 8 heteroatoms. The van der Waals surface area contributed by atoms with E-state index in [-0.39, 0.29) is 5.91 Å². The van der Waals surface area contributed by atoms with Crippen LogP contribution in [-0.4, -0.2) is 36.7 Å². The molecule has 130 valence electrons. The standard InChI is InChI=1S/C18H16N6OS/c19-17-16-12-4-6-24(9-13(12)26-18(16)21-10-20-17)15(25)7-11-8-23-5-2-1-3-14(23)22-11/h1-3,5,8,10H,4,6-7,9H2,(H2,19,20,21). The number of nitrogens with two attached hydrogens (primary N) is 1. The molecule has 0 aromatic carbocycles. The van der Waals surface area contributed by atoms with E-state index in [0.29, 0.717) is 25.3 Å². The normalized spacial score (nSPS) is 14.1. The summed E-state index contributed by atoms with van der Waals surface area (Å²) < 4.78 is 1.93. The molecule has 2 N–H and O–H groups in total. The van der Waals surface area contributed by atoms with Crippen LogP contribution in [-0.2, 0) is 24.2 Å². The van der Waals surface area contributed by atoms with Crippen LogP contribution in [0.15, 0.2) is 36.9 Å². The SMILES string of the molecule is Nc1ncnc2sc3c(c12)CCN(C(=O)Cc1cn2ccccc2n1)C3. The predicted molar refractivity (Wildman–Crippen MR) is 99.8 cm³/mol. The summed E-state index contributed by atoms with van der Waals surface area (Å²) in [5.41, 5.74) is 8.86. The number of hydrogen-bond acceptors (Lipinski definition) is 6. The molecule has 1 aliphatic heterocycles. The van der Waals surface area contributed by atoms with Crippen molar-refractivity contribution in [2.75, 3.05) is 12.3 Å². The Morgan fingerprint density at radius 2 is 2.23 bits per heavy atom. The molecule has 26 heavy (non-hydrogen) atoms. The maximum absolute atomic E-state index is 12.8. The smallest absolute Gasteiger partial charge is 0.228 e. The van der Waals surface area contributed by atoms with Gasteiger partial charge in [-0.05, 0) is 24.1 Å². The van der Waals surface area contributed by atoms with Gasteiger partial charge in [0.15, 0.2) is 0 Å². The minimum Gasteiger partial charge on any atom is -0.383 e. The van der Waals surface area contributed by atoms with Gasteiger partial charge in [-0.3, -0.25) is 4.79 Å². The van der Waals surface area contributed by atoms with E-state index in [2.05, 4.69) is 15.0 Å². The molecule has 0 aliphatic carbocycles. The summed E-state index contributed by atoms with van der Waals surface area (Å²) in [5, 5.41) is 0.958. The van der Waals surface area contributed by atoms with Crippen molar-refractivity contribution in [3.8, 4) is 0 Å². The number of amides is 1. The van der Waals surface area contributed by atoms with Crippen molar-refractivity contribution in [1.29, 1.82) is 0 Å². The Morgan fingerprint density at radius 1 is 1.31 bits per heavy atom. The number of carbonyl (C=O) groups is 1. The molecular weight excluding hydrogens is 348 g/mol. The van der Waals surface area contributed by atoms with Crippen LogP contribution in [0.1, 0.15) is 16.1 Å². The number of thiophene rings is 1. The molecule has 0 saturated carbocycles. The lowest BCUT2D eigenvalue weighted by Gasteiger charge is -2.26. The molecule has 0 fully saturated rings. The Bertz CT molecular complexity index is 1110. The Balaban J connectivity index is 1.39. The third-order valence-corrected chi connectivity index (χ3v) is 5.89. The molecule has 1 aliphatic rings. The second-order valence-electron chi connectivity index (χ2n) is 6.38. The predicted octanol–water partition coefficient (Wildman–Crippen LogP) is 2.05. The largest absolute Gasteiger partial charge is 0.383 e. The molecule has 4 aromatic rings. The molecular formula is C18H16N6OS. The van der Waals surface area contributed by atoms with Crippen LogP contribution in [0.2, 0.25) is 0 Å². The molecule has 0 atom stereocenters. The maximum Gasteiger partial charge on any atom is 0.228 e. The van der Waals surface area contributed by atoms with E-state index in [1.807, 2.05) is 39.9 Å². The van der Waals surface area contributed by atoms with Crippen LogP contribution < -0.4 is 5.73 Å². The first-order chi connectivity index (χ1) is 12.7. The number of pyridine rings is 1. The highest BCUT2D eigenvalue weighted by molar-refractivity contribution is 7.19. The van der Waals surface area contributed by atoms with E-state index in [9.17, 15) is 4.79 Å². The summed E-state index contributed by atoms with van der Waals surface area (Å²) >= 11 is 1.60. The molecule has 4 aromatic heterocycles. The van der Waals surface area contributed by atoms with Gasteiger partial charge in [0.05, 0.1) is 24.0 Å². The van der Waals surface area contributed by atoms with Crippen molar-refractivity contribution >= 4 is 38.9 Å². The summed E-state index contributed by atoms with van der Waals surface area (Å²) in [6, 6.07) is 5.82. The zero-order valence-corrected chi connectivity index (χ0v) is 14.7. The molecule has 7 nitrogen and oxygen atoms in total. The quantitative estimate of drug-likeness (QED) is 0.588. The Morgan fingerprint density at radius 3 is 3.12 bits per heavy atom. The van der Waals surface area contributed by atoms with Crippen molar-refractivity contribution in [3.05, 3.63) is 53.1 Å². The van der Waals surface area contributed by atoms with Crippen molar-refractivity contribution in [3.63, 3.8) is 0 Å². The lowest BCUT2D eigenvalue weighted by Crippen LogP contribution is -2.36. The number of aromatic nitrogens is 4. The molecule has 0 bridgehead atoms. The van der Waals surface area contributed by atoms with Gasteiger partial charge in [-0.25, -0.2) is 15.0 Å². The molecule has 0 unspecified atom stereocenters. The zero-order valence-electron chi connectivity index (χ0n) is 13.9. The molecule has 5 rings (SSSR count). The monoisotopic (exact) mass is 364 g/mol. The van der Waals surface area contributed by atoms with Gasteiger partial charge in [0, 0.05) is 23.8 Å². The van der Waals surface area contributed by atoms with Crippen molar-refractivity contribution < 1.29 is 4.79 Å². The number of anilines is 1. The average Bonchev–Trinajstić information content (AvgIpc) is 3.21. The molecule has 5 heterocycles. The topological polar surface area (TPSA) is 89.4 Å². The van der Waals surface area contributed by atoms with Crippen molar-refractivity contribution in [2.24, 2.45) is 0 Å². The Labute approximate surface area is 153 Å². The van der Waals surface area contributed by atoms with Crippen molar-refractivity contribution in [1.82, 2.24) is 24.3 Å². The number of fused-ring (bicyclic) bond motifs is 4. The van der Waals surface area contributed by atoms with Gasteiger partial charge in [0.1, 0.15) is 22.6 Å². The summed E-state index contributed by atoms with van der Waals surface area (Å²) in [6.07, 6.45) is 6.43. The number of nitrogen functional groups attached to an aromatic ring is 1. The maximum atomic E-state index is 12.8. The second-order valence-corrected chi connectivity index (χ2v) is 7.47. The fraction of sp³-hybridized carbons (Fsp3) is 0.222. The molecule has 0 radical (unpaired) electrons. The lowest BCUT2D eigenvalue weighted by atomic mass is 10.0. The highest BCUT2D eigenvalue weighted by Gasteiger charge is 2.26. The van der Waals surface area contributed by atoms with E-state index in [0.717, 1.165) is 32.9 Å². The number of nitrogens with zero attached hydrogens (tertiary/aromatic N) is 5. The summed E-state index contributed by atoms with van der Waals surface area (Å²) in [4.78, 5) is 29.7. The second kappa shape index (κ2) is 5.77. The van der Waals surface area contributed by atoms with Gasteiger partial charge in [0.25, 0.3) is 0 Å². The Kier molecular flexibility index (Phi) is 3.39. The van der Waals surface area contributed by atoms with Crippen LogP contribution in [0.5, 0.6) is 0 Å². The Hall–Kier alpha value is -3.00. The number of rotatable bonds is 2. The highest BCUT2D eigenvalue weighted by Crippen LogP contribution is 2.36. The minimum atomic E-state index is 0.0931. The first-order valence-corrected chi connectivity index (χ1v) is 9.22. The van der Waals surface area contributed by atoms with Crippen LogP contribution in [0.25, 0.3) is 15.9 Å². The third-order valence-electron chi connectivity index (χ3n) is 4.77. The van der Waals surface area contributed by atoms with Crippen LogP contribution in [0.3, 0.4) is 0 Å². The van der Waals surface area contributed by atoms with E-state index >= 15 is 0 Å². The molecule has 0 spiro atoms. The van der Waals surface area contributed by atoms with Gasteiger partial charge < -0.3 is 15.0 Å². The summed E-state index contributed by atoms with van der Waals surface area (Å²) in [7, 11) is 0. The van der Waals surface area contributed by atoms with Crippen LogP contribution in [0, 0.1) is 0 Å². The number of carbonyl (C=O) groups excluding carboxylic acids is 1. The first kappa shape index (κ1) is 15.3. The fourth-order valence-electron chi connectivity index (χ4n) is 3.50. The van der Waals surface area contributed by atoms with Gasteiger partial charge in [0.2, 0.25) is 5.91 Å². The fourth-order valence-corrected chi connectivity index (χ4v) is 4.71. The third kappa shape index (κ3) is 2.41. The van der Waals surface area contributed by atoms with Gasteiger partial charge in [-0.1, -0.05) is 6.07 Å². The van der Waals surface area contributed by atoms with E-state index < -0.39 is 0 Å².